The molecule has 0 saturated carbocycles. The molecule has 2 heterocycles. The van der Waals surface area contributed by atoms with Crippen LogP contribution in [0.2, 0.25) is 0 Å². The molecule has 0 bridgehead atoms. The Hall–Kier alpha value is -3.00. The number of unbranched alkanes of at least 4 members (excludes halogenated alkanes) is 1. The Morgan fingerprint density at radius 2 is 1.64 bits per heavy atom. The van der Waals surface area contributed by atoms with E-state index in [1.165, 1.54) is 0 Å². The van der Waals surface area contributed by atoms with Crippen molar-refractivity contribution in [2.45, 2.75) is 72.3 Å². The number of carbonyl (C=O) groups excluding carboxylic acids is 6. The molecule has 258 valence electrons. The number of hydrogen-bond donors (Lipinski definition) is 1. The second kappa shape index (κ2) is 18.0. The number of nitrogens with one attached hydrogen (secondary N) is 1. The summed E-state index contributed by atoms with van der Waals surface area (Å²) in [5.74, 6) is -5.85. The first-order valence-corrected chi connectivity index (χ1v) is 17.0. The summed E-state index contributed by atoms with van der Waals surface area (Å²) in [5.41, 5.74) is 0.933. The number of aryl methyl sites for hydroxylation is 1. The molecule has 1 fully saturated rings. The van der Waals surface area contributed by atoms with E-state index in [1.807, 2.05) is 30.3 Å². The highest BCUT2D eigenvalue weighted by Gasteiger charge is 2.57. The molecule has 1 aromatic carbocycles. The number of rotatable bonds is 16. The van der Waals surface area contributed by atoms with Crippen molar-refractivity contribution in [2.75, 3.05) is 27.4 Å². The van der Waals surface area contributed by atoms with Gasteiger partial charge in [0.1, 0.15) is 30.3 Å². The molecule has 47 heavy (non-hydrogen) atoms. The van der Waals surface area contributed by atoms with E-state index in [2.05, 4.69) is 5.32 Å². The van der Waals surface area contributed by atoms with Gasteiger partial charge in [0.05, 0.1) is 14.2 Å². The average molecular weight is 736 g/mol. The molecule has 1 saturated heterocycles. The van der Waals surface area contributed by atoms with E-state index in [-0.39, 0.29) is 36.4 Å². The van der Waals surface area contributed by atoms with Crippen molar-refractivity contribution in [2.24, 2.45) is 5.92 Å². The van der Waals surface area contributed by atoms with Crippen molar-refractivity contribution in [3.05, 3.63) is 47.2 Å². The lowest BCUT2D eigenvalue weighted by Crippen LogP contribution is -2.71. The van der Waals surface area contributed by atoms with Crippen LogP contribution in [0, 0.1) is 5.92 Å². The fraction of sp³-hybridized carbons (Fsp3) is 0.548. The highest BCUT2D eigenvalue weighted by Crippen LogP contribution is 2.47. The molecule has 1 N–H and O–H groups in total. The molecule has 2 aliphatic heterocycles. The minimum Gasteiger partial charge on any atom is -0.468 e. The van der Waals surface area contributed by atoms with Gasteiger partial charge in [0, 0.05) is 23.7 Å². The summed E-state index contributed by atoms with van der Waals surface area (Å²) in [6.45, 7) is 0.625. The van der Waals surface area contributed by atoms with Crippen molar-refractivity contribution in [3.8, 4) is 0 Å². The van der Waals surface area contributed by atoms with E-state index in [0.29, 0.717) is 12.8 Å². The third kappa shape index (κ3) is 10.8. The summed E-state index contributed by atoms with van der Waals surface area (Å²) in [4.78, 5) is 78.6. The second-order valence-corrected chi connectivity index (χ2v) is 14.6. The first-order chi connectivity index (χ1) is 22.3. The van der Waals surface area contributed by atoms with Gasteiger partial charge in [-0.25, -0.2) is 4.79 Å². The summed E-state index contributed by atoms with van der Waals surface area (Å²) in [6, 6.07) is 8.79. The van der Waals surface area contributed by atoms with Crippen LogP contribution in [0.3, 0.4) is 0 Å². The number of β-lactam (4-membered cyclic amide) rings is 1. The van der Waals surface area contributed by atoms with Crippen LogP contribution in [-0.4, -0.2) is 88.5 Å². The lowest BCUT2D eigenvalue weighted by atomic mass is 9.95. The molecular formula is C31H37Cl3N2O10S. The number of benzene rings is 1. The lowest BCUT2D eigenvalue weighted by Gasteiger charge is -2.51. The first kappa shape index (κ1) is 38.4. The largest absolute Gasteiger partial charge is 0.468 e. The van der Waals surface area contributed by atoms with Crippen molar-refractivity contribution < 1.29 is 47.7 Å². The van der Waals surface area contributed by atoms with Gasteiger partial charge >= 0.3 is 23.9 Å². The number of ether oxygens (including phenoxy) is 4. The number of esters is 4. The maximum absolute atomic E-state index is 13.5. The normalized spacial score (nSPS) is 19.0. The van der Waals surface area contributed by atoms with Crippen LogP contribution in [0.25, 0.3) is 0 Å². The minimum atomic E-state index is -1.98. The maximum atomic E-state index is 13.5. The van der Waals surface area contributed by atoms with Crippen molar-refractivity contribution in [1.82, 2.24) is 10.2 Å². The topological polar surface area (TPSA) is 155 Å². The number of halogens is 3. The van der Waals surface area contributed by atoms with Gasteiger partial charge in [-0.2, -0.15) is 0 Å². The van der Waals surface area contributed by atoms with Gasteiger partial charge in [0.25, 0.3) is 5.91 Å². The summed E-state index contributed by atoms with van der Waals surface area (Å²) in [7, 11) is 2.21. The summed E-state index contributed by atoms with van der Waals surface area (Å²) in [5, 5.41) is 1.01. The molecule has 2 aliphatic rings. The highest BCUT2D eigenvalue weighted by atomic mass is 35.6. The Balaban J connectivity index is 1.90. The van der Waals surface area contributed by atoms with Gasteiger partial charge in [-0.15, -0.1) is 11.8 Å². The van der Waals surface area contributed by atoms with Gasteiger partial charge in [0.15, 0.2) is 5.92 Å². The minimum absolute atomic E-state index is 0.0792. The van der Waals surface area contributed by atoms with Gasteiger partial charge in [0.2, 0.25) is 9.70 Å². The van der Waals surface area contributed by atoms with Gasteiger partial charge in [-0.1, -0.05) is 72.1 Å². The summed E-state index contributed by atoms with van der Waals surface area (Å²) >= 11 is 18.5. The third-order valence-corrected chi connectivity index (χ3v) is 9.28. The number of methoxy groups -OCH3 is 2. The Bertz CT molecular complexity index is 1340. The molecule has 0 aromatic heterocycles. The molecule has 3 rings (SSSR count). The fourth-order valence-corrected chi connectivity index (χ4v) is 6.88. The molecule has 2 unspecified atom stereocenters. The first-order valence-electron chi connectivity index (χ1n) is 14.9. The zero-order chi connectivity index (χ0) is 34.7. The number of thioether (sulfide) groups is 1. The maximum Gasteiger partial charge on any atom is 0.355 e. The fourth-order valence-electron chi connectivity index (χ4n) is 5.06. The van der Waals surface area contributed by atoms with Crippen LogP contribution in [0.5, 0.6) is 0 Å². The number of nitrogens with zero attached hydrogens (tertiary/aromatic N) is 1. The SMILES string of the molecule is CCCC(=O)OCC1=C(C(=O)OCC(Cl)(Cl)Cl)N2C(=O)C(NC(=O)CCCCc3ccccc3)[C@@H]2SC1CC(C(=O)OC)C(=O)OC. The molecule has 2 amide bonds. The number of hydrogen-bond acceptors (Lipinski definition) is 11. The molecule has 1 aromatic rings. The van der Waals surface area contributed by atoms with Crippen LogP contribution in [0.4, 0.5) is 0 Å². The van der Waals surface area contributed by atoms with Gasteiger partial charge in [-0.05, 0) is 37.7 Å². The van der Waals surface area contributed by atoms with Gasteiger partial charge < -0.3 is 24.3 Å². The van der Waals surface area contributed by atoms with Crippen LogP contribution in [-0.2, 0) is 54.1 Å². The molecule has 3 atom stereocenters. The predicted molar refractivity (Wildman–Crippen MR) is 174 cm³/mol. The highest BCUT2D eigenvalue weighted by molar-refractivity contribution is 8.00. The van der Waals surface area contributed by atoms with E-state index in [9.17, 15) is 28.8 Å². The number of fused-ring (bicyclic) bond motifs is 1. The zero-order valence-electron chi connectivity index (χ0n) is 26.1. The molecule has 16 heteroatoms. The predicted octanol–water partition coefficient (Wildman–Crippen LogP) is 4.03. The Morgan fingerprint density at radius 3 is 2.23 bits per heavy atom. The van der Waals surface area contributed by atoms with E-state index < -0.39 is 69.4 Å². The van der Waals surface area contributed by atoms with E-state index in [1.54, 1.807) is 6.92 Å². The Kier molecular flexibility index (Phi) is 14.7. The Labute approximate surface area is 292 Å². The molecule has 12 nitrogen and oxygen atoms in total. The van der Waals surface area contributed by atoms with Crippen LogP contribution in [0.15, 0.2) is 41.6 Å². The average Bonchev–Trinajstić information content (AvgIpc) is 3.05. The van der Waals surface area contributed by atoms with Gasteiger partial charge in [-0.3, -0.25) is 28.9 Å². The van der Waals surface area contributed by atoms with Crippen molar-refractivity contribution >= 4 is 82.3 Å². The molecule has 0 radical (unpaired) electrons. The lowest BCUT2D eigenvalue weighted by molar-refractivity contribution is -0.159. The van der Waals surface area contributed by atoms with E-state index in [4.69, 9.17) is 53.8 Å². The quantitative estimate of drug-likeness (QED) is 0.0654. The molecule has 0 spiro atoms. The van der Waals surface area contributed by atoms with Crippen molar-refractivity contribution in [3.63, 3.8) is 0 Å². The second-order valence-electron chi connectivity index (χ2n) is 10.8. The van der Waals surface area contributed by atoms with E-state index in [0.717, 1.165) is 49.3 Å². The third-order valence-electron chi connectivity index (χ3n) is 7.38. The number of amides is 2. The van der Waals surface area contributed by atoms with Crippen LogP contribution < -0.4 is 5.32 Å². The standard InChI is InChI=1S/C31H37Cl3N2O10S/c1-4-10-23(38)45-16-20-21(15-19(28(40)43-2)29(41)44-3)47-27-24(26(39)36(27)25(20)30(42)46-17-31(32,33)34)35-22(37)14-9-8-13-18-11-6-5-7-12-18/h5-7,11-12,19,21,24,27H,4,8-10,13-17H2,1-3H3,(H,35,37)/t21?,24?,27-/m0/s1. The molecular weight excluding hydrogens is 699 g/mol. The van der Waals surface area contributed by atoms with Crippen LogP contribution in [0.1, 0.15) is 51.0 Å². The molecule has 0 aliphatic carbocycles. The number of carbonyl (C=O) groups is 6. The van der Waals surface area contributed by atoms with Crippen LogP contribution >= 0.6 is 46.6 Å². The zero-order valence-corrected chi connectivity index (χ0v) is 29.2. The van der Waals surface area contributed by atoms with Crippen molar-refractivity contribution in [1.29, 1.82) is 0 Å². The summed E-state index contributed by atoms with van der Waals surface area (Å²) < 4.78 is 18.3. The monoisotopic (exact) mass is 734 g/mol. The summed E-state index contributed by atoms with van der Waals surface area (Å²) in [6.07, 6.45) is 2.60. The van der Waals surface area contributed by atoms with E-state index >= 15 is 0 Å². The smallest absolute Gasteiger partial charge is 0.355 e. The Morgan fingerprint density at radius 1 is 0.979 bits per heavy atom. The number of alkyl halides is 3.